The van der Waals surface area contributed by atoms with E-state index in [4.69, 9.17) is 5.11 Å². The summed E-state index contributed by atoms with van der Waals surface area (Å²) in [6.45, 7) is 0.920. The van der Waals surface area contributed by atoms with Gasteiger partial charge in [-0.15, -0.1) is 11.8 Å². The Morgan fingerprint density at radius 3 is 3.14 bits per heavy atom. The average Bonchev–Trinajstić information content (AvgIpc) is 2.41. The summed E-state index contributed by atoms with van der Waals surface area (Å²) < 4.78 is 0. The van der Waals surface area contributed by atoms with Crippen molar-refractivity contribution in [3.63, 3.8) is 0 Å². The minimum atomic E-state index is -0.871. The molecule has 3 nitrogen and oxygen atoms in total. The predicted octanol–water partition coefficient (Wildman–Crippen LogP) is 2.29. The van der Waals surface area contributed by atoms with Crippen LogP contribution in [-0.2, 0) is 0 Å². The minimum absolute atomic E-state index is 0.346. The van der Waals surface area contributed by atoms with Crippen LogP contribution in [0.1, 0.15) is 16.8 Å². The topological polar surface area (TPSA) is 49.3 Å². The number of aromatic carboxylic acids is 1. The molecular formula is C10H11NO2S. The summed E-state index contributed by atoms with van der Waals surface area (Å²) in [6, 6.07) is 5.24. The Kier molecular flexibility index (Phi) is 2.63. The molecule has 0 unspecified atom stereocenters. The van der Waals surface area contributed by atoms with Gasteiger partial charge in [0.15, 0.2) is 0 Å². The van der Waals surface area contributed by atoms with Crippen LogP contribution >= 0.6 is 11.8 Å². The van der Waals surface area contributed by atoms with E-state index in [1.54, 1.807) is 23.9 Å². The fourth-order valence-corrected chi connectivity index (χ4v) is 2.36. The van der Waals surface area contributed by atoms with Gasteiger partial charge in [-0.05, 0) is 30.4 Å². The molecule has 2 rings (SSSR count). The summed E-state index contributed by atoms with van der Waals surface area (Å²) >= 11 is 1.77. The molecule has 4 heteroatoms. The van der Waals surface area contributed by atoms with Gasteiger partial charge < -0.3 is 10.4 Å². The first-order valence-electron chi connectivity index (χ1n) is 4.51. The van der Waals surface area contributed by atoms with Crippen LogP contribution < -0.4 is 5.32 Å². The van der Waals surface area contributed by atoms with Crippen molar-refractivity contribution in [1.29, 1.82) is 0 Å². The van der Waals surface area contributed by atoms with E-state index in [9.17, 15) is 4.79 Å². The molecule has 0 saturated heterocycles. The minimum Gasteiger partial charge on any atom is -0.478 e. The summed E-state index contributed by atoms with van der Waals surface area (Å²) in [5.41, 5.74) is 1.30. The van der Waals surface area contributed by atoms with Crippen molar-refractivity contribution in [2.45, 2.75) is 11.3 Å². The van der Waals surface area contributed by atoms with Crippen LogP contribution in [0.15, 0.2) is 23.1 Å². The number of hydrogen-bond acceptors (Lipinski definition) is 3. The lowest BCUT2D eigenvalue weighted by Gasteiger charge is -2.07. The van der Waals surface area contributed by atoms with E-state index >= 15 is 0 Å². The Morgan fingerprint density at radius 1 is 1.50 bits per heavy atom. The fraction of sp³-hybridized carbons (Fsp3) is 0.300. The molecule has 1 heterocycles. The molecule has 0 aliphatic carbocycles. The van der Waals surface area contributed by atoms with E-state index in [2.05, 4.69) is 5.32 Å². The normalized spacial score (nSPS) is 15.1. The molecule has 1 aromatic rings. The van der Waals surface area contributed by atoms with Gasteiger partial charge in [-0.1, -0.05) is 0 Å². The molecule has 0 saturated carbocycles. The first-order chi connectivity index (χ1) is 6.77. The van der Waals surface area contributed by atoms with Crippen molar-refractivity contribution >= 4 is 23.4 Å². The largest absolute Gasteiger partial charge is 0.478 e. The van der Waals surface area contributed by atoms with Gasteiger partial charge in [0.25, 0.3) is 0 Å². The highest BCUT2D eigenvalue weighted by Gasteiger charge is 2.10. The Balaban J connectivity index is 2.37. The number of nitrogens with one attached hydrogen (secondary N) is 1. The van der Waals surface area contributed by atoms with Crippen molar-refractivity contribution in [2.75, 3.05) is 17.6 Å². The Hall–Kier alpha value is -1.16. The van der Waals surface area contributed by atoms with Crippen molar-refractivity contribution in [1.82, 2.24) is 0 Å². The van der Waals surface area contributed by atoms with Gasteiger partial charge in [0.05, 0.1) is 5.56 Å². The molecule has 1 aliphatic heterocycles. The maximum atomic E-state index is 10.7. The molecule has 0 atom stereocenters. The van der Waals surface area contributed by atoms with Crippen LogP contribution in [0.4, 0.5) is 5.69 Å². The zero-order chi connectivity index (χ0) is 9.97. The van der Waals surface area contributed by atoms with E-state index in [0.717, 1.165) is 29.3 Å². The van der Waals surface area contributed by atoms with Gasteiger partial charge in [0.1, 0.15) is 0 Å². The molecule has 2 N–H and O–H groups in total. The fourth-order valence-electron chi connectivity index (χ4n) is 1.40. The van der Waals surface area contributed by atoms with Crippen LogP contribution in [0.5, 0.6) is 0 Å². The van der Waals surface area contributed by atoms with Gasteiger partial charge in [-0.3, -0.25) is 0 Å². The standard InChI is InChI=1S/C10H11NO2S/c12-10(13)7-2-3-9-8(6-7)11-4-1-5-14-9/h2-3,6,11H,1,4-5H2,(H,12,13). The first-order valence-corrected chi connectivity index (χ1v) is 5.50. The number of carboxylic acid groups (broad SMARTS) is 1. The van der Waals surface area contributed by atoms with E-state index in [1.807, 2.05) is 6.07 Å². The van der Waals surface area contributed by atoms with E-state index in [-0.39, 0.29) is 0 Å². The number of thioether (sulfide) groups is 1. The summed E-state index contributed by atoms with van der Waals surface area (Å²) in [5.74, 6) is 0.218. The molecular weight excluding hydrogens is 198 g/mol. The van der Waals surface area contributed by atoms with Crippen LogP contribution in [0.2, 0.25) is 0 Å². The smallest absolute Gasteiger partial charge is 0.335 e. The second-order valence-corrected chi connectivity index (χ2v) is 4.28. The Bertz CT molecular complexity index is 365. The third-order valence-corrected chi connectivity index (χ3v) is 3.28. The number of rotatable bonds is 1. The summed E-state index contributed by atoms with van der Waals surface area (Å²) in [5, 5.41) is 12.1. The highest BCUT2D eigenvalue weighted by Crippen LogP contribution is 2.30. The van der Waals surface area contributed by atoms with Gasteiger partial charge in [0, 0.05) is 17.1 Å². The van der Waals surface area contributed by atoms with Crippen LogP contribution in [-0.4, -0.2) is 23.4 Å². The second-order valence-electron chi connectivity index (χ2n) is 3.14. The predicted molar refractivity (Wildman–Crippen MR) is 57.2 cm³/mol. The molecule has 0 spiro atoms. The van der Waals surface area contributed by atoms with Crippen LogP contribution in [0.25, 0.3) is 0 Å². The highest BCUT2D eigenvalue weighted by molar-refractivity contribution is 7.99. The monoisotopic (exact) mass is 209 g/mol. The molecule has 74 valence electrons. The summed E-state index contributed by atoms with van der Waals surface area (Å²) in [4.78, 5) is 11.9. The number of carboxylic acids is 1. The number of benzene rings is 1. The van der Waals surface area contributed by atoms with E-state index in [0.29, 0.717) is 5.56 Å². The maximum absolute atomic E-state index is 10.7. The molecule has 0 aromatic heterocycles. The molecule has 0 bridgehead atoms. The number of hydrogen-bond donors (Lipinski definition) is 2. The quantitative estimate of drug-likeness (QED) is 0.745. The zero-order valence-electron chi connectivity index (χ0n) is 7.62. The molecule has 0 fully saturated rings. The SMILES string of the molecule is O=C(O)c1ccc2c(c1)NCCCS2. The number of anilines is 1. The van der Waals surface area contributed by atoms with E-state index in [1.165, 1.54) is 0 Å². The average molecular weight is 209 g/mol. The molecule has 1 aliphatic rings. The van der Waals surface area contributed by atoms with E-state index < -0.39 is 5.97 Å². The van der Waals surface area contributed by atoms with Crippen LogP contribution in [0.3, 0.4) is 0 Å². The van der Waals surface area contributed by atoms with Crippen molar-refractivity contribution in [2.24, 2.45) is 0 Å². The zero-order valence-corrected chi connectivity index (χ0v) is 8.43. The van der Waals surface area contributed by atoms with Gasteiger partial charge >= 0.3 is 5.97 Å². The highest BCUT2D eigenvalue weighted by atomic mass is 32.2. The second kappa shape index (κ2) is 3.92. The maximum Gasteiger partial charge on any atom is 0.335 e. The van der Waals surface area contributed by atoms with Crippen molar-refractivity contribution in [3.05, 3.63) is 23.8 Å². The first kappa shape index (κ1) is 9.40. The molecule has 0 amide bonds. The Labute approximate surface area is 86.5 Å². The number of fused-ring (bicyclic) bond motifs is 1. The van der Waals surface area contributed by atoms with Crippen LogP contribution in [0, 0.1) is 0 Å². The summed E-state index contributed by atoms with van der Waals surface area (Å²) in [7, 11) is 0. The third kappa shape index (κ3) is 1.85. The van der Waals surface area contributed by atoms with Gasteiger partial charge in [0.2, 0.25) is 0 Å². The third-order valence-electron chi connectivity index (χ3n) is 2.12. The Morgan fingerprint density at radius 2 is 2.36 bits per heavy atom. The lowest BCUT2D eigenvalue weighted by atomic mass is 10.2. The molecule has 0 radical (unpaired) electrons. The molecule has 14 heavy (non-hydrogen) atoms. The van der Waals surface area contributed by atoms with Crippen molar-refractivity contribution in [3.8, 4) is 0 Å². The summed E-state index contributed by atoms with van der Waals surface area (Å²) in [6.07, 6.45) is 1.11. The van der Waals surface area contributed by atoms with Crippen molar-refractivity contribution < 1.29 is 9.90 Å². The van der Waals surface area contributed by atoms with Gasteiger partial charge in [-0.25, -0.2) is 4.79 Å². The lowest BCUT2D eigenvalue weighted by molar-refractivity contribution is 0.0697. The van der Waals surface area contributed by atoms with Gasteiger partial charge in [-0.2, -0.15) is 0 Å². The number of carbonyl (C=O) groups is 1. The molecule has 1 aromatic carbocycles. The lowest BCUT2D eigenvalue weighted by Crippen LogP contribution is -2.02.